The van der Waals surface area contributed by atoms with Crippen LogP contribution in [0.2, 0.25) is 0 Å². The van der Waals surface area contributed by atoms with Crippen LogP contribution in [0, 0.1) is 0 Å². The Hall–Kier alpha value is -4.01. The molecule has 4 heterocycles. The van der Waals surface area contributed by atoms with Crippen LogP contribution in [0.5, 0.6) is 11.5 Å². The van der Waals surface area contributed by atoms with Crippen LogP contribution in [0.3, 0.4) is 0 Å². The van der Waals surface area contributed by atoms with Gasteiger partial charge in [-0.2, -0.15) is 15.3 Å². The number of likely N-dealkylation sites (N-methyl/N-ethyl adjacent to an activating group) is 1. The third-order valence-electron chi connectivity index (χ3n) is 7.06. The normalized spacial score (nSPS) is 13.8. The number of hydrogen-bond donors (Lipinski definition) is 1. The molecule has 0 saturated carbocycles. The molecule has 0 unspecified atom stereocenters. The Bertz CT molecular complexity index is 1600. The topological polar surface area (TPSA) is 89.2 Å². The van der Waals surface area contributed by atoms with Crippen LogP contribution in [0.25, 0.3) is 44.7 Å². The fraction of sp³-hybridized carbons (Fsp3) is 0.241. The van der Waals surface area contributed by atoms with Crippen LogP contribution >= 0.6 is 12.4 Å². The molecule has 0 aliphatic carbocycles. The lowest BCUT2D eigenvalue weighted by Gasteiger charge is -2.37. The summed E-state index contributed by atoms with van der Waals surface area (Å²) in [5.41, 5.74) is 7.37. The Labute approximate surface area is 227 Å². The smallest absolute Gasteiger partial charge is 0.153 e. The van der Waals surface area contributed by atoms with Gasteiger partial charge in [-0.1, -0.05) is 37.3 Å². The highest BCUT2D eigenvalue weighted by Crippen LogP contribution is 2.39. The molecule has 3 aromatic heterocycles. The number of ether oxygens (including phenoxy) is 1. The number of benzene rings is 2. The standard InChI is InChI=1S/C29H28N6O2.ClH/c1-4-35-15-19(16-35)23-11-12-24(32-31-23)20-10-9-18(13-22(20)21-7-5-6-8-27(21)36)25-14-28(37-3)29-26(30-25)17-34(2)33-29;/h5-14,17,19,36H,4,15-16H2,1-3H3;1H. The molecule has 1 aliphatic heterocycles. The molecular weight excluding hydrogens is 500 g/mol. The summed E-state index contributed by atoms with van der Waals surface area (Å²) in [6.07, 6.45) is 1.87. The van der Waals surface area contributed by atoms with E-state index in [4.69, 9.17) is 9.72 Å². The van der Waals surface area contributed by atoms with Crippen molar-refractivity contribution in [3.8, 4) is 45.1 Å². The number of rotatable bonds is 6. The zero-order valence-electron chi connectivity index (χ0n) is 21.5. The number of aromatic hydroxyl groups is 1. The Kier molecular flexibility index (Phi) is 7.01. The predicted octanol–water partition coefficient (Wildman–Crippen LogP) is 5.31. The average Bonchev–Trinajstić information content (AvgIpc) is 3.28. The number of para-hydroxylation sites is 1. The van der Waals surface area contributed by atoms with Gasteiger partial charge in [0.2, 0.25) is 0 Å². The fourth-order valence-electron chi connectivity index (χ4n) is 4.96. The second-order valence-electron chi connectivity index (χ2n) is 9.42. The van der Waals surface area contributed by atoms with E-state index in [9.17, 15) is 5.11 Å². The van der Waals surface area contributed by atoms with Crippen LogP contribution in [0.4, 0.5) is 0 Å². The molecule has 0 radical (unpaired) electrons. The largest absolute Gasteiger partial charge is 0.507 e. The summed E-state index contributed by atoms with van der Waals surface area (Å²) < 4.78 is 7.34. The summed E-state index contributed by atoms with van der Waals surface area (Å²) in [5.74, 6) is 1.30. The van der Waals surface area contributed by atoms with E-state index in [0.29, 0.717) is 11.7 Å². The van der Waals surface area contributed by atoms with Gasteiger partial charge in [0.1, 0.15) is 11.3 Å². The zero-order valence-corrected chi connectivity index (χ0v) is 22.3. The van der Waals surface area contributed by atoms with Crippen molar-refractivity contribution in [1.29, 1.82) is 0 Å². The summed E-state index contributed by atoms with van der Waals surface area (Å²) in [6, 6.07) is 19.4. The Morgan fingerprint density at radius 2 is 1.76 bits per heavy atom. The highest BCUT2D eigenvalue weighted by molar-refractivity contribution is 5.89. The minimum absolute atomic E-state index is 0. The van der Waals surface area contributed by atoms with E-state index in [1.165, 1.54) is 0 Å². The summed E-state index contributed by atoms with van der Waals surface area (Å²) in [7, 11) is 3.50. The molecule has 194 valence electrons. The van der Waals surface area contributed by atoms with E-state index in [-0.39, 0.29) is 18.2 Å². The van der Waals surface area contributed by atoms with Crippen LogP contribution in [-0.4, -0.2) is 61.7 Å². The maximum Gasteiger partial charge on any atom is 0.153 e. The molecule has 8 nitrogen and oxygen atoms in total. The maximum absolute atomic E-state index is 10.7. The van der Waals surface area contributed by atoms with Crippen LogP contribution in [0.1, 0.15) is 18.5 Å². The van der Waals surface area contributed by atoms with Crippen molar-refractivity contribution >= 4 is 23.4 Å². The zero-order chi connectivity index (χ0) is 25.5. The summed E-state index contributed by atoms with van der Waals surface area (Å²) in [5, 5.41) is 24.4. The quantitative estimate of drug-likeness (QED) is 0.319. The first kappa shape index (κ1) is 25.6. The summed E-state index contributed by atoms with van der Waals surface area (Å²) in [6.45, 7) is 5.29. The van der Waals surface area contributed by atoms with E-state index in [1.54, 1.807) is 17.9 Å². The van der Waals surface area contributed by atoms with Gasteiger partial charge in [-0.25, -0.2) is 4.98 Å². The molecule has 0 bridgehead atoms. The number of likely N-dealkylation sites (tertiary alicyclic amines) is 1. The van der Waals surface area contributed by atoms with Gasteiger partial charge < -0.3 is 14.7 Å². The van der Waals surface area contributed by atoms with Gasteiger partial charge in [0.05, 0.1) is 30.4 Å². The second kappa shape index (κ2) is 10.4. The highest BCUT2D eigenvalue weighted by atomic mass is 35.5. The molecule has 0 amide bonds. The number of methoxy groups -OCH3 is 1. The van der Waals surface area contributed by atoms with Crippen molar-refractivity contribution in [2.75, 3.05) is 26.7 Å². The van der Waals surface area contributed by atoms with Crippen molar-refractivity contribution in [2.45, 2.75) is 12.8 Å². The van der Waals surface area contributed by atoms with Gasteiger partial charge in [-0.05, 0) is 36.4 Å². The van der Waals surface area contributed by atoms with Crippen LogP contribution in [0.15, 0.2) is 66.9 Å². The molecule has 0 spiro atoms. The molecule has 38 heavy (non-hydrogen) atoms. The van der Waals surface area contributed by atoms with Gasteiger partial charge in [0.25, 0.3) is 0 Å². The molecule has 1 saturated heterocycles. The van der Waals surface area contributed by atoms with E-state index in [0.717, 1.165) is 70.0 Å². The van der Waals surface area contributed by atoms with E-state index < -0.39 is 0 Å². The van der Waals surface area contributed by atoms with Crippen molar-refractivity contribution in [3.63, 3.8) is 0 Å². The lowest BCUT2D eigenvalue weighted by Crippen LogP contribution is -2.44. The minimum atomic E-state index is 0. The van der Waals surface area contributed by atoms with Crippen molar-refractivity contribution in [2.24, 2.45) is 7.05 Å². The first-order valence-corrected chi connectivity index (χ1v) is 12.4. The molecule has 1 N–H and O–H groups in total. The molecule has 0 atom stereocenters. The van der Waals surface area contributed by atoms with Crippen LogP contribution < -0.4 is 4.74 Å². The van der Waals surface area contributed by atoms with Gasteiger partial charge in [0, 0.05) is 48.8 Å². The fourth-order valence-corrected chi connectivity index (χ4v) is 4.96. The first-order chi connectivity index (χ1) is 18.0. The van der Waals surface area contributed by atoms with Gasteiger partial charge in [0.15, 0.2) is 11.3 Å². The highest BCUT2D eigenvalue weighted by Gasteiger charge is 2.28. The number of aryl methyl sites for hydroxylation is 1. The molecule has 5 aromatic rings. The van der Waals surface area contributed by atoms with Crippen molar-refractivity contribution in [3.05, 3.63) is 72.6 Å². The molecule has 6 rings (SSSR count). The van der Waals surface area contributed by atoms with Gasteiger partial charge in [-0.15, -0.1) is 12.4 Å². The van der Waals surface area contributed by atoms with Gasteiger partial charge >= 0.3 is 0 Å². The average molecular weight is 529 g/mol. The second-order valence-corrected chi connectivity index (χ2v) is 9.42. The third-order valence-corrected chi connectivity index (χ3v) is 7.06. The maximum atomic E-state index is 10.7. The SMILES string of the molecule is CCN1CC(c2ccc(-c3ccc(-c4cc(OC)c5nn(C)cc5n4)cc3-c3ccccc3O)nn2)C1.Cl. The molecule has 9 heteroatoms. The third kappa shape index (κ3) is 4.57. The summed E-state index contributed by atoms with van der Waals surface area (Å²) >= 11 is 0. The molecule has 2 aromatic carbocycles. The molecule has 1 aliphatic rings. The number of phenols is 1. The lowest BCUT2D eigenvalue weighted by atomic mass is 9.92. The molecular formula is C29H29ClN6O2. The number of pyridine rings is 1. The number of fused-ring (bicyclic) bond motifs is 1. The number of phenolic OH excluding ortho intramolecular Hbond substituents is 1. The lowest BCUT2D eigenvalue weighted by molar-refractivity contribution is 0.154. The number of hydrogen-bond acceptors (Lipinski definition) is 7. The summed E-state index contributed by atoms with van der Waals surface area (Å²) in [4.78, 5) is 7.23. The van der Waals surface area contributed by atoms with Crippen LogP contribution in [-0.2, 0) is 7.05 Å². The van der Waals surface area contributed by atoms with E-state index in [1.807, 2.05) is 61.8 Å². The number of aromatic nitrogens is 5. The van der Waals surface area contributed by atoms with E-state index in [2.05, 4.69) is 33.2 Å². The van der Waals surface area contributed by atoms with E-state index >= 15 is 0 Å². The first-order valence-electron chi connectivity index (χ1n) is 12.4. The minimum Gasteiger partial charge on any atom is -0.507 e. The monoisotopic (exact) mass is 528 g/mol. The van der Waals surface area contributed by atoms with Crippen molar-refractivity contribution < 1.29 is 9.84 Å². The Morgan fingerprint density at radius 1 is 0.947 bits per heavy atom. The Morgan fingerprint density at radius 3 is 2.47 bits per heavy atom. The Balaban J connectivity index is 0.00000294. The van der Waals surface area contributed by atoms with Crippen molar-refractivity contribution in [1.82, 2.24) is 29.9 Å². The predicted molar refractivity (Wildman–Crippen MR) is 151 cm³/mol. The molecule has 1 fully saturated rings. The van der Waals surface area contributed by atoms with Gasteiger partial charge in [-0.3, -0.25) is 4.68 Å². The number of nitrogens with zero attached hydrogens (tertiary/aromatic N) is 6. The number of halogens is 1.